The Kier molecular flexibility index (Phi) is 4.57. The van der Waals surface area contributed by atoms with E-state index in [2.05, 4.69) is 32.7 Å². The van der Waals surface area contributed by atoms with Crippen LogP contribution >= 0.6 is 0 Å². The van der Waals surface area contributed by atoms with Crippen LogP contribution in [0.3, 0.4) is 0 Å². The number of urea groups is 1. The molecule has 3 heterocycles. The Morgan fingerprint density at radius 2 is 2.07 bits per heavy atom. The minimum atomic E-state index is -0.586. The molecule has 1 fully saturated rings. The standard InChI is InChI=1S/C18H21N7O2/c1-2-3-8-25-16(21-22-23-25)11-24-17(26)15(20-18(24)27)9-12-10-19-14-7-5-4-6-13(12)14/h4-7,10,15,19H,2-3,8-9,11H2,1H3,(H,20,27)/t15-/m0/s1. The number of carbonyl (C=O) groups is 2. The van der Waals surface area contributed by atoms with E-state index in [1.165, 1.54) is 4.90 Å². The summed E-state index contributed by atoms with van der Waals surface area (Å²) in [7, 11) is 0. The predicted molar refractivity (Wildman–Crippen MR) is 97.6 cm³/mol. The van der Waals surface area contributed by atoms with Gasteiger partial charge in [0.25, 0.3) is 5.91 Å². The number of carbonyl (C=O) groups excluding carboxylic acids is 2. The van der Waals surface area contributed by atoms with Gasteiger partial charge >= 0.3 is 6.03 Å². The molecule has 9 heteroatoms. The molecule has 0 aliphatic carbocycles. The van der Waals surface area contributed by atoms with Crippen molar-refractivity contribution in [2.45, 2.75) is 45.3 Å². The van der Waals surface area contributed by atoms with Gasteiger partial charge in [0.1, 0.15) is 6.04 Å². The summed E-state index contributed by atoms with van der Waals surface area (Å²) in [5.74, 6) is 0.259. The van der Waals surface area contributed by atoms with Crippen LogP contribution in [0.1, 0.15) is 31.2 Å². The summed E-state index contributed by atoms with van der Waals surface area (Å²) in [5.41, 5.74) is 2.01. The molecule has 0 unspecified atom stereocenters. The van der Waals surface area contributed by atoms with E-state index in [4.69, 9.17) is 0 Å². The second kappa shape index (κ2) is 7.18. The van der Waals surface area contributed by atoms with Crippen LogP contribution in [0.2, 0.25) is 0 Å². The lowest BCUT2D eigenvalue weighted by atomic mass is 10.1. The summed E-state index contributed by atoms with van der Waals surface area (Å²) in [5, 5.41) is 15.4. The molecular weight excluding hydrogens is 346 g/mol. The molecule has 0 saturated carbocycles. The van der Waals surface area contributed by atoms with Crippen molar-refractivity contribution in [3.63, 3.8) is 0 Å². The third-order valence-corrected chi connectivity index (χ3v) is 4.84. The van der Waals surface area contributed by atoms with Crippen LogP contribution in [-0.4, -0.2) is 48.1 Å². The zero-order chi connectivity index (χ0) is 18.8. The van der Waals surface area contributed by atoms with Crippen LogP contribution in [0.15, 0.2) is 30.5 Å². The number of fused-ring (bicyclic) bond motifs is 1. The largest absolute Gasteiger partial charge is 0.361 e. The van der Waals surface area contributed by atoms with Crippen molar-refractivity contribution >= 4 is 22.8 Å². The summed E-state index contributed by atoms with van der Waals surface area (Å²) in [6.45, 7) is 2.82. The van der Waals surface area contributed by atoms with Gasteiger partial charge in [0.15, 0.2) is 5.82 Å². The van der Waals surface area contributed by atoms with Gasteiger partial charge in [-0.3, -0.25) is 9.69 Å². The maximum absolute atomic E-state index is 12.8. The van der Waals surface area contributed by atoms with Crippen molar-refractivity contribution in [1.29, 1.82) is 0 Å². The van der Waals surface area contributed by atoms with Gasteiger partial charge in [0, 0.05) is 30.1 Å². The number of para-hydroxylation sites is 1. The first-order chi connectivity index (χ1) is 13.2. The first-order valence-corrected chi connectivity index (χ1v) is 9.09. The van der Waals surface area contributed by atoms with Gasteiger partial charge in [-0.2, -0.15) is 0 Å². The first-order valence-electron chi connectivity index (χ1n) is 9.09. The number of unbranched alkanes of at least 4 members (excludes halogenated alkanes) is 1. The summed E-state index contributed by atoms with van der Waals surface area (Å²) in [6, 6.07) is 6.90. The molecule has 1 aliphatic rings. The Hall–Kier alpha value is -3.23. The molecule has 2 N–H and O–H groups in total. The highest BCUT2D eigenvalue weighted by Gasteiger charge is 2.39. The smallest absolute Gasteiger partial charge is 0.325 e. The summed E-state index contributed by atoms with van der Waals surface area (Å²) in [4.78, 5) is 29.5. The van der Waals surface area contributed by atoms with Crippen molar-refractivity contribution < 1.29 is 9.59 Å². The quantitative estimate of drug-likeness (QED) is 0.617. The molecule has 1 saturated heterocycles. The molecule has 0 radical (unpaired) electrons. The lowest BCUT2D eigenvalue weighted by molar-refractivity contribution is -0.127. The molecule has 0 bridgehead atoms. The van der Waals surface area contributed by atoms with Crippen LogP contribution in [0, 0.1) is 0 Å². The van der Waals surface area contributed by atoms with E-state index in [1.54, 1.807) is 4.68 Å². The molecule has 27 heavy (non-hydrogen) atoms. The molecule has 3 aromatic rings. The van der Waals surface area contributed by atoms with E-state index in [1.807, 2.05) is 30.5 Å². The van der Waals surface area contributed by atoms with Crippen molar-refractivity contribution in [3.05, 3.63) is 41.9 Å². The van der Waals surface area contributed by atoms with Gasteiger partial charge in [-0.1, -0.05) is 31.5 Å². The topological polar surface area (TPSA) is 109 Å². The molecule has 140 valence electrons. The normalized spacial score (nSPS) is 17.1. The second-order valence-electron chi connectivity index (χ2n) is 6.66. The minimum Gasteiger partial charge on any atom is -0.361 e. The van der Waals surface area contributed by atoms with E-state index >= 15 is 0 Å². The number of nitrogens with zero attached hydrogens (tertiary/aromatic N) is 5. The third-order valence-electron chi connectivity index (χ3n) is 4.84. The number of H-pyrrole nitrogens is 1. The van der Waals surface area contributed by atoms with Crippen LogP contribution in [0.4, 0.5) is 4.79 Å². The number of aryl methyl sites for hydroxylation is 1. The number of amides is 3. The third kappa shape index (κ3) is 3.27. The van der Waals surface area contributed by atoms with Crippen molar-refractivity contribution in [3.8, 4) is 0 Å². The lowest BCUT2D eigenvalue weighted by Crippen LogP contribution is -2.33. The molecular formula is C18H21N7O2. The van der Waals surface area contributed by atoms with Crippen LogP contribution in [0.5, 0.6) is 0 Å². The number of hydrogen-bond donors (Lipinski definition) is 2. The maximum atomic E-state index is 12.8. The van der Waals surface area contributed by atoms with Gasteiger partial charge in [-0.15, -0.1) is 5.10 Å². The second-order valence-corrected chi connectivity index (χ2v) is 6.66. The minimum absolute atomic E-state index is 0.0752. The molecule has 2 aromatic heterocycles. The van der Waals surface area contributed by atoms with Crippen molar-refractivity contribution in [2.24, 2.45) is 0 Å². The fourth-order valence-corrected chi connectivity index (χ4v) is 3.34. The highest BCUT2D eigenvalue weighted by atomic mass is 16.2. The number of tetrazole rings is 1. The van der Waals surface area contributed by atoms with Gasteiger partial charge in [-0.25, -0.2) is 9.48 Å². The Bertz CT molecular complexity index is 977. The van der Waals surface area contributed by atoms with Gasteiger partial charge in [0.05, 0.1) is 6.54 Å². The average Bonchev–Trinajstić information content (AvgIpc) is 3.36. The Morgan fingerprint density at radius 3 is 2.93 bits per heavy atom. The van der Waals surface area contributed by atoms with Gasteiger partial charge in [0.2, 0.25) is 0 Å². The number of benzene rings is 1. The molecule has 1 aliphatic heterocycles. The van der Waals surface area contributed by atoms with Gasteiger partial charge in [-0.05, 0) is 28.5 Å². The van der Waals surface area contributed by atoms with Crippen LogP contribution < -0.4 is 5.32 Å². The molecule has 0 spiro atoms. The molecule has 3 amide bonds. The highest BCUT2D eigenvalue weighted by molar-refractivity contribution is 6.04. The summed E-state index contributed by atoms with van der Waals surface area (Å²) < 4.78 is 1.65. The monoisotopic (exact) mass is 367 g/mol. The Balaban J connectivity index is 1.48. The van der Waals surface area contributed by atoms with Crippen LogP contribution in [0.25, 0.3) is 10.9 Å². The predicted octanol–water partition coefficient (Wildman–Crippen LogP) is 1.62. The number of nitrogens with one attached hydrogen (secondary N) is 2. The van der Waals surface area contributed by atoms with E-state index < -0.39 is 12.1 Å². The Labute approximate surface area is 155 Å². The molecule has 1 aromatic carbocycles. The zero-order valence-electron chi connectivity index (χ0n) is 15.1. The SMILES string of the molecule is CCCCn1nnnc1CN1C(=O)N[C@@H](Cc2c[nH]c3ccccc23)C1=O. The maximum Gasteiger partial charge on any atom is 0.325 e. The molecule has 9 nitrogen and oxygen atoms in total. The number of aromatic amines is 1. The first kappa shape index (κ1) is 17.2. The van der Waals surface area contributed by atoms with Crippen LogP contribution in [-0.2, 0) is 24.3 Å². The summed E-state index contributed by atoms with van der Waals surface area (Å²) in [6.07, 6.45) is 4.26. The zero-order valence-corrected chi connectivity index (χ0v) is 15.1. The Morgan fingerprint density at radius 1 is 1.22 bits per heavy atom. The van der Waals surface area contributed by atoms with E-state index in [0.717, 1.165) is 29.3 Å². The summed E-state index contributed by atoms with van der Waals surface area (Å²) >= 11 is 0. The van der Waals surface area contributed by atoms with E-state index in [0.29, 0.717) is 18.8 Å². The van der Waals surface area contributed by atoms with Crippen molar-refractivity contribution in [2.75, 3.05) is 0 Å². The average molecular weight is 367 g/mol. The van der Waals surface area contributed by atoms with Crippen molar-refractivity contribution in [1.82, 2.24) is 35.4 Å². The fraction of sp³-hybridized carbons (Fsp3) is 0.389. The fourth-order valence-electron chi connectivity index (χ4n) is 3.34. The van der Waals surface area contributed by atoms with E-state index in [9.17, 15) is 9.59 Å². The number of rotatable bonds is 7. The number of hydrogen-bond acceptors (Lipinski definition) is 5. The molecule has 1 atom stereocenters. The molecule has 4 rings (SSSR count). The number of aromatic nitrogens is 5. The highest BCUT2D eigenvalue weighted by Crippen LogP contribution is 2.21. The number of imide groups is 1. The van der Waals surface area contributed by atoms with E-state index in [-0.39, 0.29) is 12.5 Å². The van der Waals surface area contributed by atoms with Gasteiger partial charge < -0.3 is 10.3 Å². The lowest BCUT2D eigenvalue weighted by Gasteiger charge is -2.12.